The van der Waals surface area contributed by atoms with Crippen LogP contribution in [0.15, 0.2) is 48.5 Å². The van der Waals surface area contributed by atoms with E-state index in [9.17, 15) is 26.4 Å². The molecule has 0 saturated carbocycles. The largest absolute Gasteiger partial charge is 0.497 e. The van der Waals surface area contributed by atoms with Crippen LogP contribution in [0.4, 0.5) is 18.9 Å². The number of nitrogens with zero attached hydrogens (tertiary/aromatic N) is 1. The van der Waals surface area contributed by atoms with E-state index in [2.05, 4.69) is 5.32 Å². The zero-order chi connectivity index (χ0) is 23.8. The second-order valence-electron chi connectivity index (χ2n) is 6.86. The van der Waals surface area contributed by atoms with E-state index >= 15 is 0 Å². The van der Waals surface area contributed by atoms with Crippen LogP contribution in [-0.4, -0.2) is 47.4 Å². The van der Waals surface area contributed by atoms with Crippen molar-refractivity contribution in [2.24, 2.45) is 0 Å². The van der Waals surface area contributed by atoms with Gasteiger partial charge in [-0.2, -0.15) is 13.2 Å². The third kappa shape index (κ3) is 7.95. The highest BCUT2D eigenvalue weighted by molar-refractivity contribution is 7.92. The minimum Gasteiger partial charge on any atom is -0.497 e. The number of halogens is 3. The van der Waals surface area contributed by atoms with E-state index in [1.54, 1.807) is 31.4 Å². The lowest BCUT2D eigenvalue weighted by molar-refractivity contribution is -0.137. The van der Waals surface area contributed by atoms with E-state index in [4.69, 9.17) is 9.47 Å². The van der Waals surface area contributed by atoms with Gasteiger partial charge in [-0.15, -0.1) is 0 Å². The number of nitrogens with one attached hydrogen (secondary N) is 1. The maximum Gasteiger partial charge on any atom is 0.416 e. The van der Waals surface area contributed by atoms with Crippen molar-refractivity contribution in [2.45, 2.75) is 19.0 Å². The van der Waals surface area contributed by atoms with Crippen LogP contribution in [0.25, 0.3) is 0 Å². The smallest absolute Gasteiger partial charge is 0.416 e. The molecule has 176 valence electrons. The van der Waals surface area contributed by atoms with Crippen LogP contribution in [0.5, 0.6) is 11.5 Å². The Hall–Kier alpha value is -2.95. The molecule has 0 aliphatic carbocycles. The number of amides is 1. The summed E-state index contributed by atoms with van der Waals surface area (Å²) >= 11 is 0. The highest BCUT2D eigenvalue weighted by Gasteiger charge is 2.31. The molecule has 0 heterocycles. The van der Waals surface area contributed by atoms with Crippen molar-refractivity contribution >= 4 is 21.6 Å². The van der Waals surface area contributed by atoms with Crippen molar-refractivity contribution in [3.8, 4) is 11.5 Å². The van der Waals surface area contributed by atoms with E-state index in [0.29, 0.717) is 11.5 Å². The Morgan fingerprint density at radius 3 is 2.34 bits per heavy atom. The number of hydrogen-bond acceptors (Lipinski definition) is 5. The van der Waals surface area contributed by atoms with E-state index in [-0.39, 0.29) is 44.1 Å². The summed E-state index contributed by atoms with van der Waals surface area (Å²) < 4.78 is 74.4. The zero-order valence-electron chi connectivity index (χ0n) is 17.7. The van der Waals surface area contributed by atoms with Crippen LogP contribution in [0, 0.1) is 0 Å². The SMILES string of the molecule is COc1ccc(OCCNC(=O)CCCN(c2cccc(C(F)(F)F)c2)S(C)(=O)=O)cc1. The molecule has 0 bridgehead atoms. The molecule has 0 aliphatic heterocycles. The maximum absolute atomic E-state index is 12.9. The molecular formula is C21H25F3N2O5S. The monoisotopic (exact) mass is 474 g/mol. The van der Waals surface area contributed by atoms with E-state index in [1.165, 1.54) is 6.07 Å². The first-order valence-corrected chi connectivity index (χ1v) is 11.5. The molecule has 0 aromatic heterocycles. The number of carbonyl (C=O) groups is 1. The second-order valence-corrected chi connectivity index (χ2v) is 8.77. The molecule has 0 aliphatic rings. The summed E-state index contributed by atoms with van der Waals surface area (Å²) in [6, 6.07) is 11.0. The van der Waals surface area contributed by atoms with Gasteiger partial charge in [-0.05, 0) is 48.9 Å². The number of carbonyl (C=O) groups excluding carboxylic acids is 1. The number of anilines is 1. The highest BCUT2D eigenvalue weighted by Crippen LogP contribution is 2.32. The Morgan fingerprint density at radius 1 is 1.09 bits per heavy atom. The number of ether oxygens (including phenoxy) is 2. The average molecular weight is 475 g/mol. The number of rotatable bonds is 11. The second kappa shape index (κ2) is 11.1. The molecule has 2 aromatic rings. The van der Waals surface area contributed by atoms with Gasteiger partial charge in [0.2, 0.25) is 15.9 Å². The fourth-order valence-electron chi connectivity index (χ4n) is 2.83. The minimum absolute atomic E-state index is 0.00746. The molecule has 0 radical (unpaired) electrons. The Labute approximate surface area is 185 Å². The Morgan fingerprint density at radius 2 is 1.75 bits per heavy atom. The highest BCUT2D eigenvalue weighted by atomic mass is 32.2. The zero-order valence-corrected chi connectivity index (χ0v) is 18.5. The topological polar surface area (TPSA) is 84.9 Å². The van der Waals surface area contributed by atoms with Crippen LogP contribution in [0.3, 0.4) is 0 Å². The van der Waals surface area contributed by atoms with Gasteiger partial charge in [-0.1, -0.05) is 6.07 Å². The molecule has 32 heavy (non-hydrogen) atoms. The maximum atomic E-state index is 12.9. The first kappa shape index (κ1) is 25.3. The van der Waals surface area contributed by atoms with Crippen LogP contribution in [-0.2, 0) is 21.0 Å². The van der Waals surface area contributed by atoms with E-state index in [0.717, 1.165) is 28.8 Å². The molecule has 0 spiro atoms. The Balaban J connectivity index is 1.82. The normalized spacial score (nSPS) is 11.7. The first-order chi connectivity index (χ1) is 15.0. The van der Waals surface area contributed by atoms with Gasteiger partial charge < -0.3 is 14.8 Å². The minimum atomic E-state index is -4.59. The van der Waals surface area contributed by atoms with Crippen molar-refractivity contribution in [1.82, 2.24) is 5.32 Å². The number of alkyl halides is 3. The Kier molecular flexibility index (Phi) is 8.76. The molecule has 2 rings (SSSR count). The summed E-state index contributed by atoms with van der Waals surface area (Å²) in [6.07, 6.45) is -3.54. The summed E-state index contributed by atoms with van der Waals surface area (Å²) in [5, 5.41) is 2.65. The summed E-state index contributed by atoms with van der Waals surface area (Å²) in [5.74, 6) is 0.990. The lowest BCUT2D eigenvalue weighted by atomic mass is 10.2. The molecule has 0 unspecified atom stereocenters. The number of sulfonamides is 1. The van der Waals surface area contributed by atoms with Crippen molar-refractivity contribution in [1.29, 1.82) is 0 Å². The lowest BCUT2D eigenvalue weighted by Gasteiger charge is -2.23. The molecular weight excluding hydrogens is 449 g/mol. The quantitative estimate of drug-likeness (QED) is 0.505. The lowest BCUT2D eigenvalue weighted by Crippen LogP contribution is -2.33. The standard InChI is InChI=1S/C21H25F3N2O5S/c1-30-18-8-10-19(11-9-18)31-14-12-25-20(27)7-4-13-26(32(2,28)29)17-6-3-5-16(15-17)21(22,23)24/h3,5-6,8-11,15H,4,7,12-14H2,1-2H3,(H,25,27). The third-order valence-corrected chi connectivity index (χ3v) is 5.57. The summed E-state index contributed by atoms with van der Waals surface area (Å²) in [6.45, 7) is 0.349. The number of hydrogen-bond donors (Lipinski definition) is 1. The predicted molar refractivity (Wildman–Crippen MR) is 114 cm³/mol. The molecule has 0 saturated heterocycles. The van der Waals surface area contributed by atoms with Gasteiger partial charge in [0, 0.05) is 13.0 Å². The van der Waals surface area contributed by atoms with Crippen LogP contribution in [0.2, 0.25) is 0 Å². The molecule has 1 amide bonds. The molecule has 1 N–H and O–H groups in total. The van der Waals surface area contributed by atoms with Crippen molar-refractivity contribution in [3.05, 3.63) is 54.1 Å². The van der Waals surface area contributed by atoms with E-state index < -0.39 is 21.8 Å². The number of methoxy groups -OCH3 is 1. The van der Waals surface area contributed by atoms with Gasteiger partial charge in [0.25, 0.3) is 0 Å². The van der Waals surface area contributed by atoms with E-state index in [1.807, 2.05) is 0 Å². The third-order valence-electron chi connectivity index (χ3n) is 4.38. The van der Waals surface area contributed by atoms with Gasteiger partial charge in [0.1, 0.15) is 18.1 Å². The van der Waals surface area contributed by atoms with Gasteiger partial charge in [-0.3, -0.25) is 9.10 Å². The van der Waals surface area contributed by atoms with Crippen molar-refractivity contribution < 1.29 is 35.9 Å². The average Bonchev–Trinajstić information content (AvgIpc) is 2.73. The van der Waals surface area contributed by atoms with Crippen LogP contribution < -0.4 is 19.1 Å². The van der Waals surface area contributed by atoms with Gasteiger partial charge >= 0.3 is 6.18 Å². The molecule has 0 atom stereocenters. The number of benzene rings is 2. The molecule has 0 fully saturated rings. The fraction of sp³-hybridized carbons (Fsp3) is 0.381. The Bertz CT molecular complexity index is 995. The summed E-state index contributed by atoms with van der Waals surface area (Å²) in [5.41, 5.74) is -1.05. The van der Waals surface area contributed by atoms with Crippen molar-refractivity contribution in [2.75, 3.05) is 37.4 Å². The van der Waals surface area contributed by atoms with Crippen LogP contribution in [0.1, 0.15) is 18.4 Å². The molecule has 7 nitrogen and oxygen atoms in total. The molecule has 11 heteroatoms. The van der Waals surface area contributed by atoms with Gasteiger partial charge in [-0.25, -0.2) is 8.42 Å². The van der Waals surface area contributed by atoms with Crippen LogP contribution >= 0.6 is 0 Å². The fourth-order valence-corrected chi connectivity index (χ4v) is 3.78. The van der Waals surface area contributed by atoms with Gasteiger partial charge in [0.15, 0.2) is 0 Å². The molecule has 2 aromatic carbocycles. The van der Waals surface area contributed by atoms with Gasteiger partial charge in [0.05, 0.1) is 31.2 Å². The summed E-state index contributed by atoms with van der Waals surface area (Å²) in [7, 11) is -2.27. The van der Waals surface area contributed by atoms with Crippen molar-refractivity contribution in [3.63, 3.8) is 0 Å². The first-order valence-electron chi connectivity index (χ1n) is 9.69. The summed E-state index contributed by atoms with van der Waals surface area (Å²) in [4.78, 5) is 12.0. The predicted octanol–water partition coefficient (Wildman–Crippen LogP) is 3.46.